The standard InChI is InChI=1S/C17H32N4O4S2/c1-16(2,12(22)24-5)7-9-18-14(26)20-11-21-15(27)19-10-8-17(3,4)13(23)25-6/h7-11H2,1-6H3,(H2,18,20,26)(H2,19,21,27). The molecule has 0 atom stereocenters. The molecule has 27 heavy (non-hydrogen) atoms. The van der Waals surface area contributed by atoms with Gasteiger partial charge in [0.25, 0.3) is 0 Å². The SMILES string of the molecule is COC(=O)C(C)(C)CCNC(=S)NCNC(=S)NCCC(C)(C)C(=O)OC. The third kappa shape index (κ3) is 10.3. The van der Waals surface area contributed by atoms with Crippen molar-refractivity contribution in [3.63, 3.8) is 0 Å². The number of thiocarbonyl (C=S) groups is 2. The van der Waals surface area contributed by atoms with Gasteiger partial charge < -0.3 is 30.7 Å². The zero-order chi connectivity index (χ0) is 21.1. The molecule has 0 saturated carbocycles. The van der Waals surface area contributed by atoms with E-state index >= 15 is 0 Å². The third-order valence-corrected chi connectivity index (χ3v) is 4.62. The van der Waals surface area contributed by atoms with Crippen molar-refractivity contribution in [2.75, 3.05) is 34.0 Å². The smallest absolute Gasteiger partial charge is 0.311 e. The van der Waals surface area contributed by atoms with Crippen LogP contribution >= 0.6 is 24.4 Å². The fourth-order valence-corrected chi connectivity index (χ4v) is 2.41. The van der Waals surface area contributed by atoms with Gasteiger partial charge in [-0.3, -0.25) is 9.59 Å². The highest BCUT2D eigenvalue weighted by Gasteiger charge is 2.28. The van der Waals surface area contributed by atoms with Crippen molar-refractivity contribution in [3.05, 3.63) is 0 Å². The van der Waals surface area contributed by atoms with Crippen molar-refractivity contribution in [2.45, 2.75) is 40.5 Å². The number of rotatable bonds is 10. The molecule has 0 saturated heterocycles. The Bertz CT molecular complexity index is 493. The molecule has 0 spiro atoms. The summed E-state index contributed by atoms with van der Waals surface area (Å²) in [4.78, 5) is 23.2. The predicted molar refractivity (Wildman–Crippen MR) is 113 cm³/mol. The first-order chi connectivity index (χ1) is 12.5. The average molecular weight is 421 g/mol. The molecular weight excluding hydrogens is 388 g/mol. The second kappa shape index (κ2) is 11.9. The second-order valence-electron chi connectivity index (χ2n) is 7.29. The molecule has 0 aromatic heterocycles. The molecule has 0 amide bonds. The van der Waals surface area contributed by atoms with E-state index in [-0.39, 0.29) is 11.9 Å². The summed E-state index contributed by atoms with van der Waals surface area (Å²) in [6.45, 7) is 8.72. The Kier molecular flexibility index (Phi) is 11.2. The minimum Gasteiger partial charge on any atom is -0.469 e. The molecule has 0 aliphatic heterocycles. The highest BCUT2D eigenvalue weighted by atomic mass is 32.1. The number of ether oxygens (including phenoxy) is 2. The summed E-state index contributed by atoms with van der Waals surface area (Å²) in [6, 6.07) is 0. The van der Waals surface area contributed by atoms with Crippen LogP contribution in [-0.4, -0.2) is 56.1 Å². The van der Waals surface area contributed by atoms with E-state index in [1.165, 1.54) is 14.2 Å². The van der Waals surface area contributed by atoms with Crippen molar-refractivity contribution in [1.29, 1.82) is 0 Å². The molecule has 0 heterocycles. The van der Waals surface area contributed by atoms with E-state index in [1.54, 1.807) is 0 Å². The van der Waals surface area contributed by atoms with Gasteiger partial charge in [0.15, 0.2) is 10.2 Å². The fraction of sp³-hybridized carbons (Fsp3) is 0.765. The fourth-order valence-electron chi connectivity index (χ4n) is 2.06. The molecule has 8 nitrogen and oxygen atoms in total. The Hall–Kier alpha value is -1.68. The van der Waals surface area contributed by atoms with Gasteiger partial charge in [-0.05, 0) is 65.0 Å². The molecule has 10 heteroatoms. The molecular formula is C17H32N4O4S2. The van der Waals surface area contributed by atoms with Crippen molar-refractivity contribution in [3.8, 4) is 0 Å². The Morgan fingerprint density at radius 3 is 1.37 bits per heavy atom. The lowest BCUT2D eigenvalue weighted by Gasteiger charge is -2.22. The molecule has 0 bridgehead atoms. The summed E-state index contributed by atoms with van der Waals surface area (Å²) < 4.78 is 9.53. The van der Waals surface area contributed by atoms with E-state index in [9.17, 15) is 9.59 Å². The summed E-state index contributed by atoms with van der Waals surface area (Å²) in [5.74, 6) is -0.506. The van der Waals surface area contributed by atoms with Crippen LogP contribution in [-0.2, 0) is 19.1 Å². The Morgan fingerprint density at radius 2 is 1.07 bits per heavy atom. The van der Waals surface area contributed by atoms with Gasteiger partial charge in [-0.2, -0.15) is 0 Å². The van der Waals surface area contributed by atoms with Gasteiger partial charge in [-0.25, -0.2) is 0 Å². The Balaban J connectivity index is 3.93. The zero-order valence-electron chi connectivity index (χ0n) is 17.0. The minimum absolute atomic E-state index is 0.253. The molecule has 0 fully saturated rings. The number of nitrogens with one attached hydrogen (secondary N) is 4. The summed E-state index contributed by atoms with van der Waals surface area (Å²) in [5.41, 5.74) is -1.14. The Morgan fingerprint density at radius 1 is 0.741 bits per heavy atom. The maximum atomic E-state index is 11.6. The van der Waals surface area contributed by atoms with E-state index in [1.807, 2.05) is 27.7 Å². The normalized spacial score (nSPS) is 11.2. The molecule has 0 rings (SSSR count). The van der Waals surface area contributed by atoms with Crippen LogP contribution in [0.25, 0.3) is 0 Å². The zero-order valence-corrected chi connectivity index (χ0v) is 18.6. The minimum atomic E-state index is -0.570. The Labute approximate surface area is 172 Å². The van der Waals surface area contributed by atoms with Gasteiger partial charge in [0.05, 0.1) is 31.7 Å². The summed E-state index contributed by atoms with van der Waals surface area (Å²) >= 11 is 10.3. The summed E-state index contributed by atoms with van der Waals surface area (Å²) in [5, 5.41) is 12.9. The van der Waals surface area contributed by atoms with E-state index < -0.39 is 10.8 Å². The van der Waals surface area contributed by atoms with Crippen LogP contribution in [0.3, 0.4) is 0 Å². The van der Waals surface area contributed by atoms with E-state index in [4.69, 9.17) is 33.9 Å². The van der Waals surface area contributed by atoms with Gasteiger partial charge in [-0.15, -0.1) is 0 Å². The van der Waals surface area contributed by atoms with Crippen LogP contribution in [0.1, 0.15) is 40.5 Å². The van der Waals surface area contributed by atoms with Crippen LogP contribution in [0.2, 0.25) is 0 Å². The highest BCUT2D eigenvalue weighted by Crippen LogP contribution is 2.21. The van der Waals surface area contributed by atoms with Crippen molar-refractivity contribution >= 4 is 46.6 Å². The van der Waals surface area contributed by atoms with Crippen LogP contribution in [0.4, 0.5) is 0 Å². The van der Waals surface area contributed by atoms with Gasteiger partial charge in [0.2, 0.25) is 0 Å². The third-order valence-electron chi connectivity index (χ3n) is 4.04. The molecule has 0 radical (unpaired) electrons. The molecule has 4 N–H and O–H groups in total. The number of hydrogen-bond donors (Lipinski definition) is 4. The van der Waals surface area contributed by atoms with Crippen molar-refractivity contribution < 1.29 is 19.1 Å². The first kappa shape index (κ1) is 25.3. The molecule has 0 aliphatic carbocycles. The summed E-state index contributed by atoms with van der Waals surface area (Å²) in [7, 11) is 2.76. The molecule has 0 unspecified atom stereocenters. The molecule has 0 aromatic rings. The maximum absolute atomic E-state index is 11.6. The quantitative estimate of drug-likeness (QED) is 0.233. The number of carbonyl (C=O) groups excluding carboxylic acids is 2. The lowest BCUT2D eigenvalue weighted by atomic mass is 9.89. The lowest BCUT2D eigenvalue weighted by molar-refractivity contribution is -0.151. The van der Waals surface area contributed by atoms with Crippen LogP contribution in [0.15, 0.2) is 0 Å². The highest BCUT2D eigenvalue weighted by molar-refractivity contribution is 7.80. The largest absolute Gasteiger partial charge is 0.469 e. The monoisotopic (exact) mass is 420 g/mol. The van der Waals surface area contributed by atoms with Crippen LogP contribution in [0, 0.1) is 10.8 Å². The second-order valence-corrected chi connectivity index (χ2v) is 8.11. The summed E-state index contributed by atoms with van der Waals surface area (Å²) in [6.07, 6.45) is 1.18. The van der Waals surface area contributed by atoms with Crippen LogP contribution in [0.5, 0.6) is 0 Å². The van der Waals surface area contributed by atoms with Crippen LogP contribution < -0.4 is 21.3 Å². The maximum Gasteiger partial charge on any atom is 0.311 e. The average Bonchev–Trinajstić information content (AvgIpc) is 2.59. The molecule has 0 aliphatic rings. The van der Waals surface area contributed by atoms with E-state index in [0.29, 0.717) is 42.8 Å². The van der Waals surface area contributed by atoms with Gasteiger partial charge >= 0.3 is 11.9 Å². The van der Waals surface area contributed by atoms with Crippen molar-refractivity contribution in [1.82, 2.24) is 21.3 Å². The molecule has 156 valence electrons. The number of esters is 2. The van der Waals surface area contributed by atoms with E-state index in [0.717, 1.165) is 0 Å². The predicted octanol–water partition coefficient (Wildman–Crippen LogP) is 1.05. The lowest BCUT2D eigenvalue weighted by Crippen LogP contribution is -2.46. The number of hydrogen-bond acceptors (Lipinski definition) is 6. The van der Waals surface area contributed by atoms with Crippen molar-refractivity contribution in [2.24, 2.45) is 10.8 Å². The first-order valence-electron chi connectivity index (χ1n) is 8.66. The topological polar surface area (TPSA) is 101 Å². The number of carbonyl (C=O) groups is 2. The van der Waals surface area contributed by atoms with Gasteiger partial charge in [0.1, 0.15) is 0 Å². The first-order valence-corrected chi connectivity index (χ1v) is 9.48. The number of methoxy groups -OCH3 is 2. The van der Waals surface area contributed by atoms with Gasteiger partial charge in [-0.1, -0.05) is 0 Å². The van der Waals surface area contributed by atoms with Gasteiger partial charge in [0, 0.05) is 13.1 Å². The van der Waals surface area contributed by atoms with E-state index in [2.05, 4.69) is 21.3 Å². The molecule has 0 aromatic carbocycles.